The van der Waals surface area contributed by atoms with Gasteiger partial charge in [0.25, 0.3) is 0 Å². The molecule has 1 aromatic carbocycles. The SMILES string of the molecule is CCS(=O)(=O)N(C)C1CCN(C(=O)CC[C@@H](O)c2ccc(C(C)(C)C)cc2)CC1. The summed E-state index contributed by atoms with van der Waals surface area (Å²) >= 11 is 0. The molecule has 6 nitrogen and oxygen atoms in total. The van der Waals surface area contributed by atoms with Crippen molar-refractivity contribution in [3.8, 4) is 0 Å². The third-order valence-corrected chi connectivity index (χ3v) is 7.83. The average Bonchev–Trinajstić information content (AvgIpc) is 2.70. The van der Waals surface area contributed by atoms with Gasteiger partial charge in [0.2, 0.25) is 15.9 Å². The highest BCUT2D eigenvalue weighted by Crippen LogP contribution is 2.26. The van der Waals surface area contributed by atoms with E-state index in [0.717, 1.165) is 5.56 Å². The molecule has 0 unspecified atom stereocenters. The van der Waals surface area contributed by atoms with Crippen LogP contribution in [0.25, 0.3) is 0 Å². The van der Waals surface area contributed by atoms with Crippen molar-refractivity contribution in [3.63, 3.8) is 0 Å². The summed E-state index contributed by atoms with van der Waals surface area (Å²) < 4.78 is 25.5. The van der Waals surface area contributed by atoms with Gasteiger partial charge in [-0.3, -0.25) is 4.79 Å². The number of benzene rings is 1. The Kier molecular flexibility index (Phi) is 7.87. The van der Waals surface area contributed by atoms with Crippen LogP contribution in [0, 0.1) is 0 Å². The van der Waals surface area contributed by atoms with Crippen LogP contribution in [0.4, 0.5) is 0 Å². The zero-order valence-electron chi connectivity index (χ0n) is 18.4. The third-order valence-electron chi connectivity index (χ3n) is 5.93. The van der Waals surface area contributed by atoms with E-state index in [9.17, 15) is 18.3 Å². The van der Waals surface area contributed by atoms with Gasteiger partial charge in [-0.25, -0.2) is 12.7 Å². The summed E-state index contributed by atoms with van der Waals surface area (Å²) in [5.74, 6) is 0.117. The second-order valence-electron chi connectivity index (χ2n) is 8.96. The summed E-state index contributed by atoms with van der Waals surface area (Å²) in [4.78, 5) is 14.3. The summed E-state index contributed by atoms with van der Waals surface area (Å²) in [5.41, 5.74) is 2.11. The van der Waals surface area contributed by atoms with Crippen LogP contribution in [0.15, 0.2) is 24.3 Å². The standard InChI is InChI=1S/C22H36N2O4S/c1-6-29(27,28)23(5)19-13-15-24(16-14-19)21(26)12-11-20(25)17-7-9-18(10-8-17)22(2,3)4/h7-10,19-20,25H,6,11-16H2,1-5H3/t20-/m1/s1. The van der Waals surface area contributed by atoms with Crippen LogP contribution >= 0.6 is 0 Å². The third kappa shape index (κ3) is 6.27. The highest BCUT2D eigenvalue weighted by molar-refractivity contribution is 7.89. The zero-order chi connectivity index (χ0) is 21.8. The number of piperidine rings is 1. The average molecular weight is 425 g/mol. The van der Waals surface area contributed by atoms with Crippen molar-refractivity contribution >= 4 is 15.9 Å². The largest absolute Gasteiger partial charge is 0.388 e. The van der Waals surface area contributed by atoms with Gasteiger partial charge < -0.3 is 10.0 Å². The molecule has 1 heterocycles. The fraction of sp³-hybridized carbons (Fsp3) is 0.682. The van der Waals surface area contributed by atoms with Crippen LogP contribution in [0.2, 0.25) is 0 Å². The van der Waals surface area contributed by atoms with E-state index in [1.54, 1.807) is 18.9 Å². The normalized spacial score (nSPS) is 17.6. The number of hydrogen-bond donors (Lipinski definition) is 1. The fourth-order valence-electron chi connectivity index (χ4n) is 3.70. The van der Waals surface area contributed by atoms with Gasteiger partial charge in [-0.05, 0) is 42.7 Å². The molecule has 0 bridgehead atoms. The molecular formula is C22H36N2O4S. The van der Waals surface area contributed by atoms with Gasteiger partial charge in [-0.1, -0.05) is 45.0 Å². The molecule has 1 amide bonds. The maximum absolute atomic E-state index is 12.5. The number of likely N-dealkylation sites (tertiary alicyclic amines) is 1. The van der Waals surface area contributed by atoms with E-state index in [1.165, 1.54) is 9.87 Å². The lowest BCUT2D eigenvalue weighted by Gasteiger charge is -2.36. The lowest BCUT2D eigenvalue weighted by Crippen LogP contribution is -2.47. The first-order valence-corrected chi connectivity index (χ1v) is 12.1. The molecule has 1 fully saturated rings. The summed E-state index contributed by atoms with van der Waals surface area (Å²) in [5, 5.41) is 10.4. The van der Waals surface area contributed by atoms with Crippen molar-refractivity contribution in [2.24, 2.45) is 0 Å². The minimum absolute atomic E-state index is 0.0230. The monoisotopic (exact) mass is 424 g/mol. The lowest BCUT2D eigenvalue weighted by molar-refractivity contribution is -0.133. The lowest BCUT2D eigenvalue weighted by atomic mass is 9.86. The van der Waals surface area contributed by atoms with Gasteiger partial charge in [-0.15, -0.1) is 0 Å². The van der Waals surface area contributed by atoms with Gasteiger partial charge in [-0.2, -0.15) is 0 Å². The maximum Gasteiger partial charge on any atom is 0.222 e. The molecule has 7 heteroatoms. The Morgan fingerprint density at radius 2 is 1.76 bits per heavy atom. The van der Waals surface area contributed by atoms with E-state index in [4.69, 9.17) is 0 Å². The number of carbonyl (C=O) groups excluding carboxylic acids is 1. The number of amides is 1. The molecule has 1 aliphatic heterocycles. The van der Waals surface area contributed by atoms with Crippen molar-refractivity contribution in [1.82, 2.24) is 9.21 Å². The van der Waals surface area contributed by atoms with Crippen LogP contribution < -0.4 is 0 Å². The highest BCUT2D eigenvalue weighted by atomic mass is 32.2. The number of carbonyl (C=O) groups is 1. The van der Waals surface area contributed by atoms with E-state index in [0.29, 0.717) is 32.4 Å². The highest BCUT2D eigenvalue weighted by Gasteiger charge is 2.30. The minimum Gasteiger partial charge on any atom is -0.388 e. The molecule has 0 aromatic heterocycles. The first-order valence-electron chi connectivity index (χ1n) is 10.5. The van der Waals surface area contributed by atoms with Gasteiger partial charge >= 0.3 is 0 Å². The molecule has 0 radical (unpaired) electrons. The van der Waals surface area contributed by atoms with Crippen LogP contribution in [-0.4, -0.2) is 60.6 Å². The van der Waals surface area contributed by atoms with Crippen LogP contribution in [0.1, 0.15) is 70.6 Å². The number of rotatable bonds is 7. The topological polar surface area (TPSA) is 77.9 Å². The zero-order valence-corrected chi connectivity index (χ0v) is 19.2. The van der Waals surface area contributed by atoms with Crippen LogP contribution in [0.5, 0.6) is 0 Å². The molecule has 0 aliphatic carbocycles. The molecule has 1 aliphatic rings. The first kappa shape index (κ1) is 23.8. The van der Waals surface area contributed by atoms with E-state index < -0.39 is 16.1 Å². The Morgan fingerprint density at radius 3 is 2.24 bits per heavy atom. The van der Waals surface area contributed by atoms with Crippen molar-refractivity contribution in [2.45, 2.75) is 70.9 Å². The number of aliphatic hydroxyl groups is 1. The number of sulfonamides is 1. The molecule has 29 heavy (non-hydrogen) atoms. The predicted molar refractivity (Wildman–Crippen MR) is 116 cm³/mol. The second kappa shape index (κ2) is 9.58. The van der Waals surface area contributed by atoms with Crippen molar-refractivity contribution < 1.29 is 18.3 Å². The Morgan fingerprint density at radius 1 is 1.21 bits per heavy atom. The number of nitrogens with zero attached hydrogens (tertiary/aromatic N) is 2. The van der Waals surface area contributed by atoms with Crippen molar-refractivity contribution in [3.05, 3.63) is 35.4 Å². The summed E-state index contributed by atoms with van der Waals surface area (Å²) in [7, 11) is -1.58. The molecule has 0 saturated carbocycles. The Labute approximate surface area is 176 Å². The van der Waals surface area contributed by atoms with E-state index in [1.807, 2.05) is 24.3 Å². The summed E-state index contributed by atoms with van der Waals surface area (Å²) in [6.45, 7) is 9.21. The molecule has 1 N–H and O–H groups in total. The quantitative estimate of drug-likeness (QED) is 0.730. The maximum atomic E-state index is 12.5. The number of aliphatic hydroxyl groups excluding tert-OH is 1. The summed E-state index contributed by atoms with van der Waals surface area (Å²) in [6, 6.07) is 7.89. The van der Waals surface area contributed by atoms with Gasteiger partial charge in [0.05, 0.1) is 11.9 Å². The van der Waals surface area contributed by atoms with Gasteiger partial charge in [0.1, 0.15) is 0 Å². The molecule has 1 atom stereocenters. The molecule has 1 aromatic rings. The molecule has 1 saturated heterocycles. The Hall–Kier alpha value is -1.44. The molecular weight excluding hydrogens is 388 g/mol. The van der Waals surface area contributed by atoms with E-state index in [2.05, 4.69) is 20.8 Å². The van der Waals surface area contributed by atoms with Crippen molar-refractivity contribution in [1.29, 1.82) is 0 Å². The second-order valence-corrected chi connectivity index (χ2v) is 11.3. The predicted octanol–water partition coefficient (Wildman–Crippen LogP) is 3.07. The number of hydrogen-bond acceptors (Lipinski definition) is 4. The van der Waals surface area contributed by atoms with E-state index >= 15 is 0 Å². The van der Waals surface area contributed by atoms with Crippen molar-refractivity contribution in [2.75, 3.05) is 25.9 Å². The Balaban J connectivity index is 1.83. The molecule has 0 spiro atoms. The fourth-order valence-corrected chi connectivity index (χ4v) is 4.77. The molecule has 164 valence electrons. The van der Waals surface area contributed by atoms with Gasteiger partial charge in [0, 0.05) is 32.6 Å². The van der Waals surface area contributed by atoms with Crippen LogP contribution in [0.3, 0.4) is 0 Å². The minimum atomic E-state index is -3.20. The van der Waals surface area contributed by atoms with E-state index in [-0.39, 0.29) is 29.5 Å². The molecule has 2 rings (SSSR count). The smallest absolute Gasteiger partial charge is 0.222 e. The summed E-state index contributed by atoms with van der Waals surface area (Å²) in [6.07, 6.45) is 1.32. The first-order chi connectivity index (χ1) is 13.5. The van der Waals surface area contributed by atoms with Gasteiger partial charge in [0.15, 0.2) is 0 Å². The van der Waals surface area contributed by atoms with Crippen LogP contribution in [-0.2, 0) is 20.2 Å². The Bertz CT molecular complexity index is 776.